The number of aromatic nitrogens is 1. The van der Waals surface area contributed by atoms with Crippen LogP contribution in [0, 0.1) is 11.3 Å². The van der Waals surface area contributed by atoms with Crippen molar-refractivity contribution in [3.05, 3.63) is 45.4 Å². The molecule has 1 N–H and O–H groups in total. The number of nitrogens with one attached hydrogen (secondary N) is 1. The van der Waals surface area contributed by atoms with Crippen LogP contribution in [0.5, 0.6) is 0 Å². The summed E-state index contributed by atoms with van der Waals surface area (Å²) in [6.07, 6.45) is 0. The molecule has 1 aromatic heterocycles. The number of nitriles is 1. The lowest BCUT2D eigenvalue weighted by Crippen LogP contribution is -2.11. The van der Waals surface area contributed by atoms with Crippen molar-refractivity contribution in [2.45, 2.75) is 0 Å². The monoisotopic (exact) mass is 263 g/mol. The maximum absolute atomic E-state index is 11.7. The molecule has 0 bridgehead atoms. The molecule has 0 saturated carbocycles. The number of halogens is 1. The number of amides is 1. The third kappa shape index (κ3) is 2.81. The lowest BCUT2D eigenvalue weighted by atomic mass is 10.3. The Balaban J connectivity index is 2.14. The molecule has 0 unspecified atom stereocenters. The minimum atomic E-state index is -0.348. The highest BCUT2D eigenvalue weighted by atomic mass is 35.5. The Labute approximate surface area is 106 Å². The molecule has 0 fully saturated rings. The number of anilines is 1. The van der Waals surface area contributed by atoms with Gasteiger partial charge in [0.15, 0.2) is 10.7 Å². The van der Waals surface area contributed by atoms with Crippen molar-refractivity contribution in [3.63, 3.8) is 0 Å². The van der Waals surface area contributed by atoms with Crippen LogP contribution in [-0.4, -0.2) is 10.9 Å². The lowest BCUT2D eigenvalue weighted by Gasteiger charge is -2.02. The Kier molecular flexibility index (Phi) is 3.38. The zero-order valence-electron chi connectivity index (χ0n) is 8.48. The van der Waals surface area contributed by atoms with E-state index in [1.54, 1.807) is 24.3 Å². The van der Waals surface area contributed by atoms with E-state index in [2.05, 4.69) is 10.3 Å². The predicted octanol–water partition coefficient (Wildman–Crippen LogP) is 2.92. The van der Waals surface area contributed by atoms with Gasteiger partial charge in [0.2, 0.25) is 0 Å². The highest BCUT2D eigenvalue weighted by Crippen LogP contribution is 2.17. The zero-order chi connectivity index (χ0) is 12.3. The highest BCUT2D eigenvalue weighted by molar-refractivity contribution is 7.11. The van der Waals surface area contributed by atoms with E-state index in [4.69, 9.17) is 16.9 Å². The van der Waals surface area contributed by atoms with E-state index in [-0.39, 0.29) is 16.6 Å². The fraction of sp³-hybridized carbons (Fsp3) is 0. The van der Waals surface area contributed by atoms with Crippen molar-refractivity contribution in [1.82, 2.24) is 4.98 Å². The van der Waals surface area contributed by atoms with Gasteiger partial charge < -0.3 is 5.32 Å². The van der Waals surface area contributed by atoms with Crippen molar-refractivity contribution < 1.29 is 4.79 Å². The highest BCUT2D eigenvalue weighted by Gasteiger charge is 2.11. The van der Waals surface area contributed by atoms with Gasteiger partial charge in [-0.05, 0) is 18.2 Å². The number of thiazole rings is 1. The third-order valence-electron chi connectivity index (χ3n) is 1.90. The van der Waals surface area contributed by atoms with E-state index in [9.17, 15) is 4.79 Å². The van der Waals surface area contributed by atoms with Crippen molar-refractivity contribution in [3.8, 4) is 6.07 Å². The van der Waals surface area contributed by atoms with Gasteiger partial charge in [-0.3, -0.25) is 4.79 Å². The number of carbonyl (C=O) groups excluding carboxylic acids is 1. The molecule has 1 aromatic carbocycles. The Morgan fingerprint density at radius 3 is 3.00 bits per heavy atom. The van der Waals surface area contributed by atoms with Crippen LogP contribution in [0.3, 0.4) is 0 Å². The standard InChI is InChI=1S/C11H6ClN3OS/c12-7-2-1-3-8(4-7)14-10(16)11-15-9(5-13)6-17-11/h1-4,6H,(H,14,16). The number of benzene rings is 1. The molecular weight excluding hydrogens is 258 g/mol. The molecule has 84 valence electrons. The SMILES string of the molecule is N#Cc1csc(C(=O)Nc2cccc(Cl)c2)n1. The average molecular weight is 264 g/mol. The summed E-state index contributed by atoms with van der Waals surface area (Å²) in [7, 11) is 0. The van der Waals surface area contributed by atoms with E-state index in [1.807, 2.05) is 6.07 Å². The predicted molar refractivity (Wildman–Crippen MR) is 66.2 cm³/mol. The van der Waals surface area contributed by atoms with Crippen LogP contribution in [0.15, 0.2) is 29.6 Å². The van der Waals surface area contributed by atoms with Gasteiger partial charge in [0.25, 0.3) is 5.91 Å². The van der Waals surface area contributed by atoms with Crippen LogP contribution in [0.4, 0.5) is 5.69 Å². The fourth-order valence-electron chi connectivity index (χ4n) is 1.18. The minimum Gasteiger partial charge on any atom is -0.320 e. The number of carbonyl (C=O) groups is 1. The summed E-state index contributed by atoms with van der Waals surface area (Å²) in [4.78, 5) is 15.6. The first kappa shape index (κ1) is 11.6. The molecule has 0 aliphatic rings. The number of hydrogen-bond acceptors (Lipinski definition) is 4. The maximum atomic E-state index is 11.7. The summed E-state index contributed by atoms with van der Waals surface area (Å²) in [6.45, 7) is 0. The second kappa shape index (κ2) is 4.95. The van der Waals surface area contributed by atoms with Crippen LogP contribution >= 0.6 is 22.9 Å². The molecular formula is C11H6ClN3OS. The van der Waals surface area contributed by atoms with E-state index in [1.165, 1.54) is 5.38 Å². The molecule has 17 heavy (non-hydrogen) atoms. The minimum absolute atomic E-state index is 0.242. The molecule has 0 aliphatic carbocycles. The molecule has 0 aliphatic heterocycles. The van der Waals surface area contributed by atoms with Crippen LogP contribution in [0.25, 0.3) is 0 Å². The molecule has 2 rings (SSSR count). The van der Waals surface area contributed by atoms with Crippen molar-refractivity contribution >= 4 is 34.5 Å². The van der Waals surface area contributed by atoms with E-state index < -0.39 is 0 Å². The summed E-state index contributed by atoms with van der Waals surface area (Å²) in [5.41, 5.74) is 0.836. The molecule has 0 atom stereocenters. The van der Waals surface area contributed by atoms with Gasteiger partial charge in [-0.25, -0.2) is 4.98 Å². The average Bonchev–Trinajstić information content (AvgIpc) is 2.77. The van der Waals surface area contributed by atoms with Crippen molar-refractivity contribution in [2.75, 3.05) is 5.32 Å². The normalized spacial score (nSPS) is 9.65. The first-order valence-electron chi connectivity index (χ1n) is 4.61. The second-order valence-electron chi connectivity index (χ2n) is 3.11. The van der Waals surface area contributed by atoms with Crippen LogP contribution in [0.1, 0.15) is 15.5 Å². The summed E-state index contributed by atoms with van der Waals surface area (Å²) in [5, 5.41) is 13.6. The first-order valence-corrected chi connectivity index (χ1v) is 5.87. The lowest BCUT2D eigenvalue weighted by molar-refractivity contribution is 0.102. The molecule has 1 heterocycles. The topological polar surface area (TPSA) is 65.8 Å². The molecule has 0 spiro atoms. The van der Waals surface area contributed by atoms with Crippen LogP contribution in [0.2, 0.25) is 5.02 Å². The van der Waals surface area contributed by atoms with Gasteiger partial charge in [-0.1, -0.05) is 17.7 Å². The Morgan fingerprint density at radius 2 is 2.35 bits per heavy atom. The van der Waals surface area contributed by atoms with E-state index >= 15 is 0 Å². The van der Waals surface area contributed by atoms with Gasteiger partial charge in [-0.15, -0.1) is 11.3 Å². The largest absolute Gasteiger partial charge is 0.320 e. The Bertz CT molecular complexity index is 603. The second-order valence-corrected chi connectivity index (χ2v) is 4.41. The number of nitrogens with zero attached hydrogens (tertiary/aromatic N) is 2. The molecule has 2 aromatic rings. The summed E-state index contributed by atoms with van der Waals surface area (Å²) in [6, 6.07) is 8.69. The summed E-state index contributed by atoms with van der Waals surface area (Å²) < 4.78 is 0. The smallest absolute Gasteiger partial charge is 0.284 e. The quantitative estimate of drug-likeness (QED) is 0.906. The van der Waals surface area contributed by atoms with Gasteiger partial charge >= 0.3 is 0 Å². The van der Waals surface area contributed by atoms with Crippen LogP contribution < -0.4 is 5.32 Å². The van der Waals surface area contributed by atoms with E-state index in [0.29, 0.717) is 10.7 Å². The maximum Gasteiger partial charge on any atom is 0.284 e. The van der Waals surface area contributed by atoms with Gasteiger partial charge in [-0.2, -0.15) is 5.26 Å². The van der Waals surface area contributed by atoms with Gasteiger partial charge in [0, 0.05) is 16.1 Å². The van der Waals surface area contributed by atoms with Crippen molar-refractivity contribution in [1.29, 1.82) is 5.26 Å². The number of rotatable bonds is 2. The number of hydrogen-bond donors (Lipinski definition) is 1. The first-order chi connectivity index (χ1) is 8.19. The van der Waals surface area contributed by atoms with E-state index in [0.717, 1.165) is 11.3 Å². The Hall–Kier alpha value is -1.90. The molecule has 1 amide bonds. The van der Waals surface area contributed by atoms with Gasteiger partial charge in [0.1, 0.15) is 6.07 Å². The summed E-state index contributed by atoms with van der Waals surface area (Å²) in [5.74, 6) is -0.348. The summed E-state index contributed by atoms with van der Waals surface area (Å²) >= 11 is 6.92. The molecule has 4 nitrogen and oxygen atoms in total. The Morgan fingerprint density at radius 1 is 1.53 bits per heavy atom. The molecule has 0 saturated heterocycles. The molecule has 0 radical (unpaired) electrons. The zero-order valence-corrected chi connectivity index (χ0v) is 10.0. The van der Waals surface area contributed by atoms with Gasteiger partial charge in [0.05, 0.1) is 0 Å². The fourth-order valence-corrected chi connectivity index (χ4v) is 2.01. The third-order valence-corrected chi connectivity index (χ3v) is 2.97. The molecule has 6 heteroatoms. The van der Waals surface area contributed by atoms with Crippen molar-refractivity contribution in [2.24, 2.45) is 0 Å². The van der Waals surface area contributed by atoms with Crippen LogP contribution in [-0.2, 0) is 0 Å².